The molecule has 28 heavy (non-hydrogen) atoms. The summed E-state index contributed by atoms with van der Waals surface area (Å²) in [7, 11) is 0. The number of carbonyl (C=O) groups excluding carboxylic acids is 1. The minimum Gasteiger partial charge on any atom is -0.393 e. The standard InChI is InChI=1S/C22H28N4O2/c27-17-8-6-16(7-9-17)26-13-11-22(21(26)28)10-3-12-25(14-22)20-18-4-1-2-5-19(18)23-15-24-20/h1-2,4-5,15-17,27H,3,6-14H2/t16-,17-,22-/m1/s1. The largest absolute Gasteiger partial charge is 0.393 e. The number of carbonyl (C=O) groups is 1. The maximum absolute atomic E-state index is 13.5. The van der Waals surface area contributed by atoms with Gasteiger partial charge in [0, 0.05) is 31.1 Å². The zero-order valence-corrected chi connectivity index (χ0v) is 16.3. The molecule has 3 heterocycles. The van der Waals surface area contributed by atoms with Crippen LogP contribution in [0.1, 0.15) is 44.9 Å². The minimum absolute atomic E-state index is 0.181. The lowest BCUT2D eigenvalue weighted by atomic mass is 9.78. The Morgan fingerprint density at radius 2 is 1.86 bits per heavy atom. The van der Waals surface area contributed by atoms with Crippen molar-refractivity contribution < 1.29 is 9.90 Å². The zero-order chi connectivity index (χ0) is 19.1. The average molecular weight is 380 g/mol. The van der Waals surface area contributed by atoms with Crippen LogP contribution in [0.3, 0.4) is 0 Å². The number of benzene rings is 1. The van der Waals surface area contributed by atoms with E-state index >= 15 is 0 Å². The molecule has 0 radical (unpaired) electrons. The first-order chi connectivity index (χ1) is 13.7. The van der Waals surface area contributed by atoms with Gasteiger partial charge in [-0.15, -0.1) is 0 Å². The van der Waals surface area contributed by atoms with Gasteiger partial charge in [-0.05, 0) is 57.1 Å². The Hall–Kier alpha value is -2.21. The summed E-state index contributed by atoms with van der Waals surface area (Å²) in [6.07, 6.45) is 7.88. The Morgan fingerprint density at radius 1 is 1.04 bits per heavy atom. The van der Waals surface area contributed by atoms with Gasteiger partial charge in [-0.1, -0.05) is 12.1 Å². The van der Waals surface area contributed by atoms with Crippen LogP contribution in [0, 0.1) is 5.41 Å². The highest BCUT2D eigenvalue weighted by Crippen LogP contribution is 2.43. The molecule has 3 aliphatic rings. The Bertz CT molecular complexity index is 874. The van der Waals surface area contributed by atoms with Crippen molar-refractivity contribution in [1.82, 2.24) is 14.9 Å². The molecule has 5 rings (SSSR count). The number of piperidine rings is 1. The number of fused-ring (bicyclic) bond motifs is 1. The van der Waals surface area contributed by atoms with Crippen molar-refractivity contribution in [3.63, 3.8) is 0 Å². The quantitative estimate of drug-likeness (QED) is 0.868. The van der Waals surface area contributed by atoms with Gasteiger partial charge in [0.05, 0.1) is 17.0 Å². The third kappa shape index (κ3) is 2.94. The van der Waals surface area contributed by atoms with Crippen molar-refractivity contribution in [2.24, 2.45) is 5.41 Å². The lowest BCUT2D eigenvalue weighted by Crippen LogP contribution is -2.50. The maximum Gasteiger partial charge on any atom is 0.230 e. The summed E-state index contributed by atoms with van der Waals surface area (Å²) in [5, 5.41) is 10.9. The molecular formula is C22H28N4O2. The molecule has 0 unspecified atom stereocenters. The third-order valence-electron chi connectivity index (χ3n) is 7.05. The monoisotopic (exact) mass is 380 g/mol. The molecule has 1 saturated carbocycles. The Kier molecular flexibility index (Phi) is 4.46. The van der Waals surface area contributed by atoms with Crippen LogP contribution in [0.5, 0.6) is 0 Å². The molecule has 0 bridgehead atoms. The lowest BCUT2D eigenvalue weighted by molar-refractivity contribution is -0.139. The molecule has 148 valence electrons. The van der Waals surface area contributed by atoms with Crippen molar-refractivity contribution in [2.45, 2.75) is 57.1 Å². The van der Waals surface area contributed by atoms with Gasteiger partial charge in [0.1, 0.15) is 12.1 Å². The summed E-state index contributed by atoms with van der Waals surface area (Å²) in [6.45, 7) is 2.54. The van der Waals surface area contributed by atoms with Gasteiger partial charge >= 0.3 is 0 Å². The number of amides is 1. The smallest absolute Gasteiger partial charge is 0.230 e. The van der Waals surface area contributed by atoms with Gasteiger partial charge in [-0.25, -0.2) is 9.97 Å². The van der Waals surface area contributed by atoms with Gasteiger partial charge in [-0.3, -0.25) is 4.79 Å². The lowest BCUT2D eigenvalue weighted by Gasteiger charge is -2.41. The molecule has 6 heteroatoms. The first-order valence-electron chi connectivity index (χ1n) is 10.6. The third-order valence-corrected chi connectivity index (χ3v) is 7.05. The first-order valence-corrected chi connectivity index (χ1v) is 10.6. The predicted octanol–water partition coefficient (Wildman–Crippen LogP) is 2.75. The summed E-state index contributed by atoms with van der Waals surface area (Å²) < 4.78 is 0. The van der Waals surface area contributed by atoms with Crippen LogP contribution < -0.4 is 4.90 Å². The SMILES string of the molecule is O=C1N([C@H]2CC[C@H](O)CC2)CC[C@@]12CCCN(c1ncnc3ccccc13)C2. The number of para-hydroxylation sites is 1. The molecule has 1 aromatic carbocycles. The van der Waals surface area contributed by atoms with E-state index in [9.17, 15) is 9.90 Å². The van der Waals surface area contributed by atoms with Gasteiger partial charge < -0.3 is 14.9 Å². The van der Waals surface area contributed by atoms with E-state index in [0.29, 0.717) is 11.9 Å². The van der Waals surface area contributed by atoms with E-state index < -0.39 is 0 Å². The summed E-state index contributed by atoms with van der Waals surface area (Å²) in [5.41, 5.74) is 0.674. The number of aliphatic hydroxyl groups excluding tert-OH is 1. The average Bonchev–Trinajstić information content (AvgIpc) is 3.04. The second kappa shape index (κ2) is 6.99. The number of hydrogen-bond acceptors (Lipinski definition) is 5. The second-order valence-electron chi connectivity index (χ2n) is 8.73. The number of hydrogen-bond donors (Lipinski definition) is 1. The summed E-state index contributed by atoms with van der Waals surface area (Å²) in [5.74, 6) is 1.29. The molecule has 2 aliphatic heterocycles. The van der Waals surface area contributed by atoms with Crippen molar-refractivity contribution in [3.8, 4) is 0 Å². The Labute approximate surface area is 165 Å². The number of nitrogens with zero attached hydrogens (tertiary/aromatic N) is 4. The molecule has 1 aliphatic carbocycles. The predicted molar refractivity (Wildman–Crippen MR) is 108 cm³/mol. The second-order valence-corrected chi connectivity index (χ2v) is 8.73. The number of aromatic nitrogens is 2. The Balaban J connectivity index is 1.39. The van der Waals surface area contributed by atoms with E-state index in [0.717, 1.165) is 81.3 Å². The van der Waals surface area contributed by atoms with E-state index in [2.05, 4.69) is 25.8 Å². The van der Waals surface area contributed by atoms with Crippen LogP contribution in [-0.2, 0) is 4.79 Å². The van der Waals surface area contributed by atoms with Crippen LogP contribution in [0.2, 0.25) is 0 Å². The van der Waals surface area contributed by atoms with Gasteiger partial charge in [0.25, 0.3) is 0 Å². The molecule has 3 fully saturated rings. The molecule has 2 aromatic rings. The summed E-state index contributed by atoms with van der Waals surface area (Å²) in [4.78, 5) is 26.9. The summed E-state index contributed by atoms with van der Waals surface area (Å²) >= 11 is 0. The molecule has 1 atom stereocenters. The maximum atomic E-state index is 13.5. The molecule has 1 spiro atoms. The highest BCUT2D eigenvalue weighted by atomic mass is 16.3. The molecule has 1 aromatic heterocycles. The molecule has 6 nitrogen and oxygen atoms in total. The number of anilines is 1. The van der Waals surface area contributed by atoms with E-state index in [1.165, 1.54) is 0 Å². The van der Waals surface area contributed by atoms with Gasteiger partial charge in [0.15, 0.2) is 0 Å². The van der Waals surface area contributed by atoms with E-state index in [4.69, 9.17) is 0 Å². The minimum atomic E-state index is -0.277. The highest BCUT2D eigenvalue weighted by Gasteiger charge is 2.50. The first kappa shape index (κ1) is 17.9. The zero-order valence-electron chi connectivity index (χ0n) is 16.3. The van der Waals surface area contributed by atoms with Crippen LogP contribution >= 0.6 is 0 Å². The van der Waals surface area contributed by atoms with E-state index in [1.54, 1.807) is 6.33 Å². The van der Waals surface area contributed by atoms with Gasteiger partial charge in [0.2, 0.25) is 5.91 Å². The van der Waals surface area contributed by atoms with Gasteiger partial charge in [-0.2, -0.15) is 0 Å². The topological polar surface area (TPSA) is 69.6 Å². The highest BCUT2D eigenvalue weighted by molar-refractivity contribution is 5.90. The van der Waals surface area contributed by atoms with Crippen molar-refractivity contribution in [2.75, 3.05) is 24.5 Å². The number of likely N-dealkylation sites (tertiary alicyclic amines) is 1. The van der Waals surface area contributed by atoms with Crippen molar-refractivity contribution in [3.05, 3.63) is 30.6 Å². The van der Waals surface area contributed by atoms with E-state index in [-0.39, 0.29) is 11.5 Å². The van der Waals surface area contributed by atoms with Crippen LogP contribution in [-0.4, -0.2) is 57.7 Å². The van der Waals surface area contributed by atoms with E-state index in [1.807, 2.05) is 18.2 Å². The molecular weight excluding hydrogens is 352 g/mol. The van der Waals surface area contributed by atoms with Crippen molar-refractivity contribution >= 4 is 22.6 Å². The number of rotatable bonds is 2. The fourth-order valence-electron chi connectivity index (χ4n) is 5.50. The molecule has 1 amide bonds. The molecule has 1 N–H and O–H groups in total. The summed E-state index contributed by atoms with van der Waals surface area (Å²) in [6, 6.07) is 8.42. The normalized spacial score (nSPS) is 31.1. The fraction of sp³-hybridized carbons (Fsp3) is 0.591. The fourth-order valence-corrected chi connectivity index (χ4v) is 5.50. The van der Waals surface area contributed by atoms with Crippen LogP contribution in [0.15, 0.2) is 30.6 Å². The molecule has 2 saturated heterocycles. The van der Waals surface area contributed by atoms with Crippen LogP contribution in [0.25, 0.3) is 10.9 Å². The Morgan fingerprint density at radius 3 is 2.71 bits per heavy atom. The van der Waals surface area contributed by atoms with Crippen molar-refractivity contribution in [1.29, 1.82) is 0 Å². The van der Waals surface area contributed by atoms with Crippen LogP contribution in [0.4, 0.5) is 5.82 Å². The number of aliphatic hydroxyl groups is 1.